The van der Waals surface area contributed by atoms with Crippen molar-refractivity contribution in [3.05, 3.63) is 0 Å². The van der Waals surface area contributed by atoms with Crippen molar-refractivity contribution in [2.45, 2.75) is 39.2 Å². The molecular formula is C14H26N2O4. The smallest absolute Gasteiger partial charge is 0.410 e. The molecule has 1 heterocycles. The maximum absolute atomic E-state index is 12.0. The molecule has 0 spiro atoms. The Labute approximate surface area is 120 Å². The van der Waals surface area contributed by atoms with Crippen molar-refractivity contribution in [2.75, 3.05) is 33.2 Å². The molecule has 0 saturated carbocycles. The molecule has 0 bridgehead atoms. The Morgan fingerprint density at radius 3 is 2.60 bits per heavy atom. The predicted octanol–water partition coefficient (Wildman–Crippen LogP) is 1.65. The number of ether oxygens (including phenoxy) is 1. The summed E-state index contributed by atoms with van der Waals surface area (Å²) in [5.74, 6) is -0.520. The highest BCUT2D eigenvalue weighted by Gasteiger charge is 2.28. The molecule has 6 heteroatoms. The van der Waals surface area contributed by atoms with Gasteiger partial charge >= 0.3 is 12.1 Å². The van der Waals surface area contributed by atoms with Gasteiger partial charge in [-0.2, -0.15) is 0 Å². The third-order valence-electron chi connectivity index (χ3n) is 3.15. The van der Waals surface area contributed by atoms with E-state index < -0.39 is 11.6 Å². The summed E-state index contributed by atoms with van der Waals surface area (Å²) in [6, 6.07) is 0. The Bertz CT molecular complexity index is 352. The van der Waals surface area contributed by atoms with Crippen LogP contribution in [-0.2, 0) is 9.53 Å². The van der Waals surface area contributed by atoms with E-state index in [2.05, 4.69) is 0 Å². The molecule has 0 aromatic heterocycles. The summed E-state index contributed by atoms with van der Waals surface area (Å²) < 4.78 is 5.37. The van der Waals surface area contributed by atoms with Gasteiger partial charge in [0.1, 0.15) is 5.60 Å². The first-order chi connectivity index (χ1) is 9.17. The lowest BCUT2D eigenvalue weighted by Gasteiger charge is -2.35. The van der Waals surface area contributed by atoms with Gasteiger partial charge in [-0.05, 0) is 46.6 Å². The molecule has 0 aromatic rings. The van der Waals surface area contributed by atoms with Crippen LogP contribution in [0, 0.1) is 5.92 Å². The summed E-state index contributed by atoms with van der Waals surface area (Å²) in [4.78, 5) is 26.2. The summed E-state index contributed by atoms with van der Waals surface area (Å²) in [7, 11) is 1.79. The van der Waals surface area contributed by atoms with E-state index in [4.69, 9.17) is 9.84 Å². The number of carbonyl (C=O) groups is 2. The zero-order valence-corrected chi connectivity index (χ0v) is 12.9. The highest BCUT2D eigenvalue weighted by molar-refractivity contribution is 5.69. The van der Waals surface area contributed by atoms with Crippen molar-refractivity contribution in [3.63, 3.8) is 0 Å². The minimum Gasteiger partial charge on any atom is -0.480 e. The van der Waals surface area contributed by atoms with Gasteiger partial charge in [0.05, 0.1) is 6.54 Å². The Kier molecular flexibility index (Phi) is 5.80. The molecule has 6 nitrogen and oxygen atoms in total. The van der Waals surface area contributed by atoms with Crippen LogP contribution >= 0.6 is 0 Å². The van der Waals surface area contributed by atoms with E-state index in [-0.39, 0.29) is 12.6 Å². The van der Waals surface area contributed by atoms with E-state index >= 15 is 0 Å². The molecule has 1 atom stereocenters. The number of nitrogens with zero attached hydrogens (tertiary/aromatic N) is 2. The number of carbonyl (C=O) groups excluding carboxylic acids is 1. The van der Waals surface area contributed by atoms with Gasteiger partial charge in [0.2, 0.25) is 0 Å². The lowest BCUT2D eigenvalue weighted by molar-refractivity contribution is -0.138. The molecule has 1 aliphatic rings. The van der Waals surface area contributed by atoms with E-state index in [1.165, 1.54) is 0 Å². The standard InChI is InChI=1S/C14H26N2O4/c1-14(2,3)20-13(19)16-7-5-6-11(9-16)8-15(4)10-12(17)18/h11H,5-10H2,1-4H3,(H,17,18)/t11-/m1/s1. The van der Waals surface area contributed by atoms with Gasteiger partial charge in [-0.25, -0.2) is 4.79 Å². The summed E-state index contributed by atoms with van der Waals surface area (Å²) in [6.07, 6.45) is 1.68. The van der Waals surface area contributed by atoms with Crippen molar-refractivity contribution >= 4 is 12.1 Å². The summed E-state index contributed by atoms with van der Waals surface area (Å²) in [6.45, 7) is 7.63. The Morgan fingerprint density at radius 2 is 2.05 bits per heavy atom. The Morgan fingerprint density at radius 1 is 1.40 bits per heavy atom. The number of rotatable bonds is 4. The van der Waals surface area contributed by atoms with Gasteiger partial charge in [-0.15, -0.1) is 0 Å². The largest absolute Gasteiger partial charge is 0.480 e. The Hall–Kier alpha value is -1.30. The van der Waals surface area contributed by atoms with Crippen molar-refractivity contribution in [2.24, 2.45) is 5.92 Å². The average Bonchev–Trinajstić information content (AvgIpc) is 2.25. The molecular weight excluding hydrogens is 260 g/mol. The van der Waals surface area contributed by atoms with Gasteiger partial charge in [0.15, 0.2) is 0 Å². The first-order valence-electron chi connectivity index (χ1n) is 7.05. The van der Waals surface area contributed by atoms with Crippen LogP contribution in [0.15, 0.2) is 0 Å². The summed E-state index contributed by atoms with van der Waals surface area (Å²) in [5, 5.41) is 8.75. The monoisotopic (exact) mass is 286 g/mol. The lowest BCUT2D eigenvalue weighted by atomic mass is 9.98. The van der Waals surface area contributed by atoms with Crippen LogP contribution in [0.25, 0.3) is 0 Å². The molecule has 116 valence electrons. The molecule has 1 fully saturated rings. The third-order valence-corrected chi connectivity index (χ3v) is 3.15. The number of carboxylic acid groups (broad SMARTS) is 1. The van der Waals surface area contributed by atoms with Crippen LogP contribution in [0.5, 0.6) is 0 Å². The quantitative estimate of drug-likeness (QED) is 0.851. The zero-order valence-electron chi connectivity index (χ0n) is 12.9. The fourth-order valence-electron chi connectivity index (χ4n) is 2.44. The minimum atomic E-state index is -0.827. The second-order valence-electron chi connectivity index (χ2n) is 6.53. The van der Waals surface area contributed by atoms with Crippen molar-refractivity contribution in [3.8, 4) is 0 Å². The molecule has 0 radical (unpaired) electrons. The third kappa shape index (κ3) is 6.23. The number of carboxylic acids is 1. The van der Waals surface area contributed by atoms with Gasteiger partial charge in [0, 0.05) is 19.6 Å². The highest BCUT2D eigenvalue weighted by atomic mass is 16.6. The van der Waals surface area contributed by atoms with E-state index in [0.29, 0.717) is 25.6 Å². The second-order valence-corrected chi connectivity index (χ2v) is 6.53. The minimum absolute atomic E-state index is 0.0307. The molecule has 1 rings (SSSR count). The van der Waals surface area contributed by atoms with Crippen molar-refractivity contribution in [1.82, 2.24) is 9.80 Å². The summed E-state index contributed by atoms with van der Waals surface area (Å²) in [5.41, 5.74) is -0.482. The number of likely N-dealkylation sites (N-methyl/N-ethyl adjacent to an activating group) is 1. The molecule has 1 amide bonds. The number of piperidine rings is 1. The van der Waals surface area contributed by atoms with Gasteiger partial charge in [-0.1, -0.05) is 0 Å². The van der Waals surface area contributed by atoms with Crippen LogP contribution in [-0.4, -0.2) is 65.8 Å². The van der Waals surface area contributed by atoms with Crippen LogP contribution in [0.2, 0.25) is 0 Å². The molecule has 0 aliphatic carbocycles. The molecule has 1 aliphatic heterocycles. The molecule has 0 aromatic carbocycles. The van der Waals surface area contributed by atoms with Crippen LogP contribution in [0.1, 0.15) is 33.6 Å². The van der Waals surface area contributed by atoms with E-state index in [9.17, 15) is 9.59 Å². The number of amides is 1. The average molecular weight is 286 g/mol. The molecule has 1 N–H and O–H groups in total. The Balaban J connectivity index is 2.46. The first-order valence-corrected chi connectivity index (χ1v) is 7.05. The van der Waals surface area contributed by atoms with E-state index in [1.807, 2.05) is 20.8 Å². The van der Waals surface area contributed by atoms with Crippen molar-refractivity contribution < 1.29 is 19.4 Å². The highest BCUT2D eigenvalue weighted by Crippen LogP contribution is 2.19. The van der Waals surface area contributed by atoms with E-state index in [0.717, 1.165) is 12.8 Å². The number of hydrogen-bond acceptors (Lipinski definition) is 4. The number of hydrogen-bond donors (Lipinski definition) is 1. The van der Waals surface area contributed by atoms with Crippen LogP contribution in [0.4, 0.5) is 4.79 Å². The van der Waals surface area contributed by atoms with Crippen LogP contribution in [0.3, 0.4) is 0 Å². The second kappa shape index (κ2) is 6.92. The SMILES string of the molecule is CN(CC(=O)O)C[C@H]1CCCN(C(=O)OC(C)(C)C)C1. The maximum atomic E-state index is 12.0. The van der Waals surface area contributed by atoms with E-state index in [1.54, 1.807) is 16.8 Å². The molecule has 1 saturated heterocycles. The van der Waals surface area contributed by atoms with Gasteiger partial charge < -0.3 is 14.7 Å². The number of likely N-dealkylation sites (tertiary alicyclic amines) is 1. The maximum Gasteiger partial charge on any atom is 0.410 e. The van der Waals surface area contributed by atoms with Crippen molar-refractivity contribution in [1.29, 1.82) is 0 Å². The van der Waals surface area contributed by atoms with Gasteiger partial charge in [0.25, 0.3) is 0 Å². The first kappa shape index (κ1) is 16.8. The number of aliphatic carboxylic acids is 1. The van der Waals surface area contributed by atoms with Gasteiger partial charge in [-0.3, -0.25) is 9.69 Å². The zero-order chi connectivity index (χ0) is 15.3. The normalized spacial score (nSPS) is 20.1. The summed E-state index contributed by atoms with van der Waals surface area (Å²) >= 11 is 0. The molecule has 20 heavy (non-hydrogen) atoms. The fourth-order valence-corrected chi connectivity index (χ4v) is 2.44. The lowest BCUT2D eigenvalue weighted by Crippen LogP contribution is -2.45. The van der Waals surface area contributed by atoms with Crippen LogP contribution < -0.4 is 0 Å². The fraction of sp³-hybridized carbons (Fsp3) is 0.857. The topological polar surface area (TPSA) is 70.1 Å². The molecule has 0 unspecified atom stereocenters. The predicted molar refractivity (Wildman–Crippen MR) is 75.7 cm³/mol.